The van der Waals surface area contributed by atoms with Crippen molar-refractivity contribution in [2.75, 3.05) is 19.0 Å². The molecule has 0 spiro atoms. The number of aliphatic hydroxyl groups excluding tert-OH is 1. The Bertz CT molecular complexity index is 284. The van der Waals surface area contributed by atoms with E-state index in [2.05, 4.69) is 12.2 Å². The van der Waals surface area contributed by atoms with Gasteiger partial charge in [0.05, 0.1) is 13.7 Å². The molecule has 16 heavy (non-hydrogen) atoms. The first-order valence-corrected chi connectivity index (χ1v) is 5.81. The summed E-state index contributed by atoms with van der Waals surface area (Å²) in [7, 11) is 1.65. The minimum atomic E-state index is 0.147. The molecule has 1 aromatic rings. The number of hydrogen-bond donors (Lipinski definition) is 2. The third-order valence-corrected chi connectivity index (χ3v) is 2.59. The zero-order valence-electron chi connectivity index (χ0n) is 10.1. The van der Waals surface area contributed by atoms with Gasteiger partial charge in [0.15, 0.2) is 0 Å². The van der Waals surface area contributed by atoms with Gasteiger partial charge in [-0.05, 0) is 30.7 Å². The molecule has 0 amide bonds. The van der Waals surface area contributed by atoms with E-state index >= 15 is 0 Å². The summed E-state index contributed by atoms with van der Waals surface area (Å²) in [4.78, 5) is 0. The first-order chi connectivity index (χ1) is 7.80. The molecule has 0 aliphatic rings. The Morgan fingerprint density at radius 3 is 2.50 bits per heavy atom. The molecule has 0 saturated carbocycles. The second kappa shape index (κ2) is 7.12. The van der Waals surface area contributed by atoms with Gasteiger partial charge in [0.2, 0.25) is 0 Å². The van der Waals surface area contributed by atoms with Crippen molar-refractivity contribution >= 4 is 5.69 Å². The predicted octanol–water partition coefficient (Wildman–Crippen LogP) is 2.66. The van der Waals surface area contributed by atoms with Gasteiger partial charge in [0.1, 0.15) is 5.75 Å². The molecule has 0 aliphatic heterocycles. The number of rotatable bonds is 7. The largest absolute Gasteiger partial charge is 0.497 e. The summed E-state index contributed by atoms with van der Waals surface area (Å²) < 4.78 is 5.09. The lowest BCUT2D eigenvalue weighted by Crippen LogP contribution is -2.23. The molecule has 0 aromatic heterocycles. The van der Waals surface area contributed by atoms with Gasteiger partial charge in [0, 0.05) is 11.7 Å². The van der Waals surface area contributed by atoms with Gasteiger partial charge in [-0.2, -0.15) is 0 Å². The third kappa shape index (κ3) is 4.11. The molecule has 0 fully saturated rings. The van der Waals surface area contributed by atoms with E-state index in [9.17, 15) is 5.11 Å². The maximum Gasteiger partial charge on any atom is 0.119 e. The van der Waals surface area contributed by atoms with E-state index in [0.29, 0.717) is 0 Å². The second-order valence-electron chi connectivity index (χ2n) is 3.89. The molecule has 0 saturated heterocycles. The minimum absolute atomic E-state index is 0.147. The molecule has 0 radical (unpaired) electrons. The highest BCUT2D eigenvalue weighted by Gasteiger charge is 2.06. The standard InChI is InChI=1S/C13H21NO2/c1-3-4-5-12(10-15)14-11-6-8-13(16-2)9-7-11/h6-9,12,14-15H,3-5,10H2,1-2H3. The van der Waals surface area contributed by atoms with Gasteiger partial charge in [-0.15, -0.1) is 0 Å². The van der Waals surface area contributed by atoms with Crippen molar-refractivity contribution in [3.05, 3.63) is 24.3 Å². The number of ether oxygens (including phenoxy) is 1. The zero-order chi connectivity index (χ0) is 11.8. The average Bonchev–Trinajstić information content (AvgIpc) is 2.35. The molecule has 1 rings (SSSR count). The van der Waals surface area contributed by atoms with Crippen LogP contribution in [0.5, 0.6) is 5.75 Å². The summed E-state index contributed by atoms with van der Waals surface area (Å²) >= 11 is 0. The van der Waals surface area contributed by atoms with E-state index in [1.165, 1.54) is 0 Å². The van der Waals surface area contributed by atoms with E-state index in [4.69, 9.17) is 4.74 Å². The van der Waals surface area contributed by atoms with Crippen molar-refractivity contribution in [1.82, 2.24) is 0 Å². The minimum Gasteiger partial charge on any atom is -0.497 e. The Hall–Kier alpha value is -1.22. The van der Waals surface area contributed by atoms with Crippen molar-refractivity contribution in [3.63, 3.8) is 0 Å². The monoisotopic (exact) mass is 223 g/mol. The van der Waals surface area contributed by atoms with Crippen molar-refractivity contribution < 1.29 is 9.84 Å². The van der Waals surface area contributed by atoms with Gasteiger partial charge in [-0.1, -0.05) is 19.8 Å². The first kappa shape index (κ1) is 12.8. The maximum absolute atomic E-state index is 9.23. The highest BCUT2D eigenvalue weighted by Crippen LogP contribution is 2.16. The van der Waals surface area contributed by atoms with E-state index < -0.39 is 0 Å². The van der Waals surface area contributed by atoms with Gasteiger partial charge >= 0.3 is 0 Å². The lowest BCUT2D eigenvalue weighted by molar-refractivity contribution is 0.267. The van der Waals surface area contributed by atoms with Crippen molar-refractivity contribution in [2.24, 2.45) is 0 Å². The van der Waals surface area contributed by atoms with Crippen LogP contribution in [0.2, 0.25) is 0 Å². The summed E-state index contributed by atoms with van der Waals surface area (Å²) in [5.41, 5.74) is 1.02. The molecule has 1 unspecified atom stereocenters. The molecule has 1 aromatic carbocycles. The van der Waals surface area contributed by atoms with Crippen molar-refractivity contribution in [1.29, 1.82) is 0 Å². The molecular weight excluding hydrogens is 202 g/mol. The molecule has 1 atom stereocenters. The molecule has 0 heterocycles. The van der Waals surface area contributed by atoms with Crippen LogP contribution >= 0.6 is 0 Å². The average molecular weight is 223 g/mol. The van der Waals surface area contributed by atoms with Crippen LogP contribution in [-0.4, -0.2) is 24.9 Å². The lowest BCUT2D eigenvalue weighted by Gasteiger charge is -2.17. The van der Waals surface area contributed by atoms with E-state index in [-0.39, 0.29) is 12.6 Å². The Labute approximate surface area is 97.4 Å². The third-order valence-electron chi connectivity index (χ3n) is 2.59. The SMILES string of the molecule is CCCCC(CO)Nc1ccc(OC)cc1. The molecule has 3 heteroatoms. The predicted molar refractivity (Wildman–Crippen MR) is 67.0 cm³/mol. The topological polar surface area (TPSA) is 41.5 Å². The van der Waals surface area contributed by atoms with Gasteiger partial charge in [0.25, 0.3) is 0 Å². The van der Waals surface area contributed by atoms with Crippen LogP contribution in [0.1, 0.15) is 26.2 Å². The highest BCUT2D eigenvalue weighted by atomic mass is 16.5. The molecular formula is C13H21NO2. The van der Waals surface area contributed by atoms with Gasteiger partial charge in [-0.25, -0.2) is 0 Å². The van der Waals surface area contributed by atoms with Crippen LogP contribution in [0.4, 0.5) is 5.69 Å². The van der Waals surface area contributed by atoms with Gasteiger partial charge in [-0.3, -0.25) is 0 Å². The van der Waals surface area contributed by atoms with Crippen molar-refractivity contribution in [2.45, 2.75) is 32.2 Å². The van der Waals surface area contributed by atoms with Crippen LogP contribution in [-0.2, 0) is 0 Å². The van der Waals surface area contributed by atoms with Crippen LogP contribution in [0.3, 0.4) is 0 Å². The normalized spacial score (nSPS) is 12.2. The highest BCUT2D eigenvalue weighted by molar-refractivity contribution is 5.47. The number of benzene rings is 1. The maximum atomic E-state index is 9.23. The quantitative estimate of drug-likeness (QED) is 0.746. The molecule has 3 nitrogen and oxygen atoms in total. The summed E-state index contributed by atoms with van der Waals surface area (Å²) in [6, 6.07) is 7.90. The number of unbranched alkanes of at least 4 members (excludes halogenated alkanes) is 1. The fourth-order valence-electron chi connectivity index (χ4n) is 1.58. The Morgan fingerprint density at radius 1 is 1.31 bits per heavy atom. The van der Waals surface area contributed by atoms with Crippen LogP contribution < -0.4 is 10.1 Å². The molecule has 2 N–H and O–H groups in total. The lowest BCUT2D eigenvalue weighted by atomic mass is 10.1. The van der Waals surface area contributed by atoms with Gasteiger partial charge < -0.3 is 15.2 Å². The van der Waals surface area contributed by atoms with Crippen LogP contribution in [0.15, 0.2) is 24.3 Å². The first-order valence-electron chi connectivity index (χ1n) is 5.81. The Balaban J connectivity index is 2.49. The smallest absolute Gasteiger partial charge is 0.119 e. The fraction of sp³-hybridized carbons (Fsp3) is 0.538. The Morgan fingerprint density at radius 2 is 2.00 bits per heavy atom. The molecule has 0 bridgehead atoms. The number of aliphatic hydroxyl groups is 1. The van der Waals surface area contributed by atoms with E-state index in [1.54, 1.807) is 7.11 Å². The van der Waals surface area contributed by atoms with Crippen LogP contribution in [0, 0.1) is 0 Å². The van der Waals surface area contributed by atoms with E-state index in [1.807, 2.05) is 24.3 Å². The number of anilines is 1. The Kier molecular flexibility index (Phi) is 5.72. The summed E-state index contributed by atoms with van der Waals surface area (Å²) in [6.45, 7) is 2.33. The summed E-state index contributed by atoms with van der Waals surface area (Å²) in [5, 5.41) is 12.5. The summed E-state index contributed by atoms with van der Waals surface area (Å²) in [5.74, 6) is 0.847. The fourth-order valence-corrected chi connectivity index (χ4v) is 1.58. The van der Waals surface area contributed by atoms with E-state index in [0.717, 1.165) is 30.7 Å². The van der Waals surface area contributed by atoms with Crippen molar-refractivity contribution in [3.8, 4) is 5.75 Å². The number of hydrogen-bond acceptors (Lipinski definition) is 3. The zero-order valence-corrected chi connectivity index (χ0v) is 10.1. The molecule has 0 aliphatic carbocycles. The second-order valence-corrected chi connectivity index (χ2v) is 3.89. The van der Waals surface area contributed by atoms with Crippen LogP contribution in [0.25, 0.3) is 0 Å². The summed E-state index contributed by atoms with van der Waals surface area (Å²) in [6.07, 6.45) is 3.29. The molecule has 90 valence electrons. The number of methoxy groups -OCH3 is 1. The number of nitrogens with one attached hydrogen (secondary N) is 1.